The summed E-state index contributed by atoms with van der Waals surface area (Å²) in [5, 5.41) is 11.0. The highest BCUT2D eigenvalue weighted by Crippen LogP contribution is 2.39. The minimum Gasteiger partial charge on any atom is -0.493 e. The molecule has 1 N–H and O–H groups in total. The highest BCUT2D eigenvalue weighted by atomic mass is 79.9. The molecular weight excluding hydrogens is 383 g/mol. The molecular formula is C14H11BrCl2O2S. The first-order valence-corrected chi connectivity index (χ1v) is 8.48. The third-order valence-electron chi connectivity index (χ3n) is 3.23. The number of halogens is 3. The third-order valence-corrected chi connectivity index (χ3v) is 6.03. The smallest absolute Gasteiger partial charge is 0.126 e. The monoisotopic (exact) mass is 392 g/mol. The largest absolute Gasteiger partial charge is 0.493 e. The predicted octanol–water partition coefficient (Wildman–Crippen LogP) is 5.03. The van der Waals surface area contributed by atoms with Crippen molar-refractivity contribution in [3.8, 4) is 5.75 Å². The summed E-state index contributed by atoms with van der Waals surface area (Å²) < 4.78 is 7.10. The Morgan fingerprint density at radius 2 is 2.15 bits per heavy atom. The average molecular weight is 394 g/mol. The van der Waals surface area contributed by atoms with E-state index in [1.54, 1.807) is 0 Å². The molecule has 6 heteroatoms. The van der Waals surface area contributed by atoms with Crippen LogP contribution in [0.3, 0.4) is 0 Å². The molecule has 1 atom stereocenters. The van der Waals surface area contributed by atoms with Crippen LogP contribution in [-0.4, -0.2) is 11.7 Å². The summed E-state index contributed by atoms with van der Waals surface area (Å²) in [6, 6.07) is 5.64. The zero-order valence-corrected chi connectivity index (χ0v) is 14.2. The Hall–Kier alpha value is -0.260. The molecule has 1 aromatic heterocycles. The summed E-state index contributed by atoms with van der Waals surface area (Å²) in [6.07, 6.45) is 0.720. The lowest BCUT2D eigenvalue weighted by Crippen LogP contribution is -2.01. The molecule has 0 amide bonds. The zero-order chi connectivity index (χ0) is 14.3. The van der Waals surface area contributed by atoms with Gasteiger partial charge in [-0.3, -0.25) is 0 Å². The first-order valence-electron chi connectivity index (χ1n) is 6.11. The quantitative estimate of drug-likeness (QED) is 0.792. The molecule has 1 unspecified atom stereocenters. The molecule has 2 heterocycles. The highest BCUT2D eigenvalue weighted by molar-refractivity contribution is 9.10. The van der Waals surface area contributed by atoms with E-state index in [0.29, 0.717) is 22.4 Å². The lowest BCUT2D eigenvalue weighted by atomic mass is 10.0. The average Bonchev–Trinajstić information content (AvgIpc) is 2.97. The van der Waals surface area contributed by atoms with Gasteiger partial charge < -0.3 is 9.84 Å². The number of aliphatic hydroxyl groups excluding tert-OH is 1. The summed E-state index contributed by atoms with van der Waals surface area (Å²) in [4.78, 5) is 0.827. The number of ether oxygens (including phenoxy) is 1. The van der Waals surface area contributed by atoms with Gasteiger partial charge >= 0.3 is 0 Å². The van der Waals surface area contributed by atoms with Crippen molar-refractivity contribution in [3.63, 3.8) is 0 Å². The summed E-state index contributed by atoms with van der Waals surface area (Å²) in [5.74, 6) is 0.871. The highest BCUT2D eigenvalue weighted by Gasteiger charge is 2.21. The number of fused-ring (bicyclic) bond motifs is 1. The number of thiophene rings is 1. The summed E-state index contributed by atoms with van der Waals surface area (Å²) in [7, 11) is 0. The van der Waals surface area contributed by atoms with E-state index in [2.05, 4.69) is 15.9 Å². The van der Waals surface area contributed by atoms with Gasteiger partial charge in [-0.15, -0.1) is 11.3 Å². The maximum atomic E-state index is 10.4. The molecule has 106 valence electrons. The first kappa shape index (κ1) is 14.7. The Morgan fingerprint density at radius 3 is 2.85 bits per heavy atom. The topological polar surface area (TPSA) is 29.5 Å². The van der Waals surface area contributed by atoms with Crippen LogP contribution in [0, 0.1) is 0 Å². The maximum absolute atomic E-state index is 10.4. The van der Waals surface area contributed by atoms with Crippen molar-refractivity contribution in [1.29, 1.82) is 0 Å². The first-order chi connectivity index (χ1) is 9.54. The van der Waals surface area contributed by atoms with Crippen molar-refractivity contribution >= 4 is 50.5 Å². The van der Waals surface area contributed by atoms with E-state index >= 15 is 0 Å². The molecule has 2 aromatic rings. The molecule has 1 aliphatic heterocycles. The number of benzene rings is 1. The second-order valence-electron chi connectivity index (χ2n) is 4.64. The fourth-order valence-corrected chi connectivity index (χ4v) is 4.32. The van der Waals surface area contributed by atoms with Gasteiger partial charge in [-0.25, -0.2) is 0 Å². The van der Waals surface area contributed by atoms with Crippen LogP contribution in [0.25, 0.3) is 0 Å². The van der Waals surface area contributed by atoms with Crippen molar-refractivity contribution in [3.05, 3.63) is 48.0 Å². The van der Waals surface area contributed by atoms with Crippen LogP contribution < -0.4 is 4.74 Å². The van der Waals surface area contributed by atoms with Crippen molar-refractivity contribution in [2.45, 2.75) is 18.9 Å². The van der Waals surface area contributed by atoms with Gasteiger partial charge in [-0.2, -0.15) is 0 Å². The second kappa shape index (κ2) is 5.85. The van der Waals surface area contributed by atoms with Crippen LogP contribution in [0.5, 0.6) is 5.75 Å². The van der Waals surface area contributed by atoms with Gasteiger partial charge in [0.15, 0.2) is 0 Å². The molecule has 1 aromatic carbocycles. The van der Waals surface area contributed by atoms with Gasteiger partial charge in [0.2, 0.25) is 0 Å². The fraction of sp³-hybridized carbons (Fsp3) is 0.286. The summed E-state index contributed by atoms with van der Waals surface area (Å²) in [5.41, 5.74) is 2.06. The Labute approximate surface area is 139 Å². The standard InChI is InChI=1S/C14H11BrCl2O2S/c15-10-6-12(20-14(10)17)11(18)5-8-4-9(16)3-7-1-2-19-13(7)8/h3-4,6,11,18H,1-2,5H2. The molecule has 3 rings (SSSR count). The SMILES string of the molecule is OC(Cc1cc(Cl)cc2c1OCC2)c1cc(Br)c(Cl)s1. The van der Waals surface area contributed by atoms with Gasteiger partial charge in [0.25, 0.3) is 0 Å². The van der Waals surface area contributed by atoms with E-state index in [4.69, 9.17) is 27.9 Å². The Morgan fingerprint density at radius 1 is 1.35 bits per heavy atom. The van der Waals surface area contributed by atoms with Crippen LogP contribution in [0.1, 0.15) is 22.1 Å². The van der Waals surface area contributed by atoms with Crippen molar-refractivity contribution in [1.82, 2.24) is 0 Å². The van der Waals surface area contributed by atoms with Crippen molar-refractivity contribution in [2.24, 2.45) is 0 Å². The Kier molecular flexibility index (Phi) is 4.29. The van der Waals surface area contributed by atoms with E-state index in [-0.39, 0.29) is 0 Å². The molecule has 0 fully saturated rings. The molecule has 0 saturated heterocycles. The van der Waals surface area contributed by atoms with E-state index in [9.17, 15) is 5.11 Å². The van der Waals surface area contributed by atoms with Gasteiger partial charge in [0.05, 0.1) is 12.7 Å². The van der Waals surface area contributed by atoms with Crippen molar-refractivity contribution in [2.75, 3.05) is 6.61 Å². The van der Waals surface area contributed by atoms with Crippen LogP contribution in [-0.2, 0) is 12.8 Å². The van der Waals surface area contributed by atoms with E-state index in [1.165, 1.54) is 11.3 Å². The normalized spacial score (nSPS) is 15.0. The minimum atomic E-state index is -0.615. The number of rotatable bonds is 3. The molecule has 0 spiro atoms. The molecule has 0 bridgehead atoms. The zero-order valence-electron chi connectivity index (χ0n) is 10.3. The number of hydrogen-bond acceptors (Lipinski definition) is 3. The fourth-order valence-electron chi connectivity index (χ4n) is 2.33. The number of aliphatic hydroxyl groups is 1. The van der Waals surface area contributed by atoms with Gasteiger partial charge in [-0.05, 0) is 45.3 Å². The summed E-state index contributed by atoms with van der Waals surface area (Å²) in [6.45, 7) is 0.676. The third kappa shape index (κ3) is 2.85. The molecule has 0 saturated carbocycles. The van der Waals surface area contributed by atoms with Gasteiger partial charge in [-0.1, -0.05) is 23.2 Å². The van der Waals surface area contributed by atoms with Crippen LogP contribution in [0.4, 0.5) is 0 Å². The van der Waals surface area contributed by atoms with Crippen LogP contribution in [0.15, 0.2) is 22.7 Å². The minimum absolute atomic E-state index is 0.464. The molecule has 0 aliphatic carbocycles. The van der Waals surface area contributed by atoms with Crippen molar-refractivity contribution < 1.29 is 9.84 Å². The lowest BCUT2D eigenvalue weighted by molar-refractivity contribution is 0.181. The van der Waals surface area contributed by atoms with E-state index < -0.39 is 6.10 Å². The number of hydrogen-bond donors (Lipinski definition) is 1. The Balaban J connectivity index is 1.88. The maximum Gasteiger partial charge on any atom is 0.126 e. The van der Waals surface area contributed by atoms with E-state index in [0.717, 1.165) is 32.6 Å². The predicted molar refractivity (Wildman–Crippen MR) is 86.3 cm³/mol. The van der Waals surface area contributed by atoms with Crippen LogP contribution >= 0.6 is 50.5 Å². The summed E-state index contributed by atoms with van der Waals surface area (Å²) >= 11 is 16.9. The second-order valence-corrected chi connectivity index (χ2v) is 7.62. The van der Waals surface area contributed by atoms with Crippen LogP contribution in [0.2, 0.25) is 9.36 Å². The van der Waals surface area contributed by atoms with Gasteiger partial charge in [0, 0.05) is 27.2 Å². The Bertz CT molecular complexity index is 637. The van der Waals surface area contributed by atoms with Gasteiger partial charge in [0.1, 0.15) is 10.1 Å². The lowest BCUT2D eigenvalue weighted by Gasteiger charge is -2.12. The molecule has 2 nitrogen and oxygen atoms in total. The van der Waals surface area contributed by atoms with E-state index in [1.807, 2.05) is 18.2 Å². The molecule has 1 aliphatic rings. The molecule has 20 heavy (non-hydrogen) atoms. The molecule has 0 radical (unpaired) electrons.